The van der Waals surface area contributed by atoms with E-state index in [2.05, 4.69) is 29.8 Å². The van der Waals surface area contributed by atoms with E-state index in [1.54, 1.807) is 0 Å². The van der Waals surface area contributed by atoms with Gasteiger partial charge in [0.15, 0.2) is 11.9 Å². The summed E-state index contributed by atoms with van der Waals surface area (Å²) in [6.45, 7) is -1.51. The number of halogens is 6. The van der Waals surface area contributed by atoms with Gasteiger partial charge in [-0.2, -0.15) is 22.0 Å². The van der Waals surface area contributed by atoms with Crippen LogP contribution in [0.15, 0.2) is 40.4 Å². The number of benzene rings is 1. The first kappa shape index (κ1) is 22.7. The van der Waals surface area contributed by atoms with Crippen LogP contribution in [0.2, 0.25) is 0 Å². The number of nitrogens with zero attached hydrogens (tertiary/aromatic N) is 3. The summed E-state index contributed by atoms with van der Waals surface area (Å²) < 4.78 is 88.2. The average Bonchev–Trinajstić information content (AvgIpc) is 2.72. The molecule has 0 radical (unpaired) electrons. The average molecular weight is 473 g/mol. The molecule has 0 spiro atoms. The van der Waals surface area contributed by atoms with Gasteiger partial charge in [0.05, 0.1) is 17.4 Å². The Hall–Kier alpha value is -3.51. The van der Waals surface area contributed by atoms with Crippen molar-refractivity contribution in [3.63, 3.8) is 0 Å². The SMILES string of the molecule is C[C@@]1(c2cc3c(cc2F)CNC(c2ccc(OC(F)F)cn2)=N3)C[C@@H](C(F)(F)F)OC(N)=N1. The number of hydrogen-bond acceptors (Lipinski definition) is 7. The number of rotatable bonds is 4. The van der Waals surface area contributed by atoms with Gasteiger partial charge in [-0.1, -0.05) is 0 Å². The predicted octanol–water partition coefficient (Wildman–Crippen LogP) is 3.88. The van der Waals surface area contributed by atoms with Gasteiger partial charge >= 0.3 is 12.8 Å². The number of ether oxygens (including phenoxy) is 2. The third-order valence-corrected chi connectivity index (χ3v) is 5.20. The van der Waals surface area contributed by atoms with Crippen LogP contribution < -0.4 is 15.8 Å². The molecule has 3 N–H and O–H groups in total. The van der Waals surface area contributed by atoms with Crippen molar-refractivity contribution >= 4 is 17.5 Å². The van der Waals surface area contributed by atoms with Gasteiger partial charge in [-0.3, -0.25) is 0 Å². The molecule has 2 atom stereocenters. The highest BCUT2D eigenvalue weighted by atomic mass is 19.4. The maximum absolute atomic E-state index is 14.9. The quantitative estimate of drug-likeness (QED) is 0.658. The molecule has 7 nitrogen and oxygen atoms in total. The molecular formula is C20H17F6N5O2. The van der Waals surface area contributed by atoms with Gasteiger partial charge in [0, 0.05) is 18.5 Å². The summed E-state index contributed by atoms with van der Waals surface area (Å²) in [5.74, 6) is -0.642. The molecule has 2 aromatic rings. The van der Waals surface area contributed by atoms with E-state index < -0.39 is 42.7 Å². The lowest BCUT2D eigenvalue weighted by atomic mass is 9.84. The minimum absolute atomic E-state index is 0.125. The van der Waals surface area contributed by atoms with Crippen LogP contribution in [0.4, 0.5) is 32.0 Å². The van der Waals surface area contributed by atoms with E-state index in [1.807, 2.05) is 0 Å². The van der Waals surface area contributed by atoms with Gasteiger partial charge in [-0.05, 0) is 36.8 Å². The van der Waals surface area contributed by atoms with E-state index in [-0.39, 0.29) is 23.7 Å². The van der Waals surface area contributed by atoms with Crippen molar-refractivity contribution in [2.24, 2.45) is 15.7 Å². The smallest absolute Gasteiger partial charge is 0.425 e. The molecule has 2 aliphatic heterocycles. The van der Waals surface area contributed by atoms with Gasteiger partial charge in [-0.15, -0.1) is 0 Å². The number of fused-ring (bicyclic) bond motifs is 1. The molecule has 13 heteroatoms. The van der Waals surface area contributed by atoms with E-state index in [0.29, 0.717) is 16.9 Å². The van der Waals surface area contributed by atoms with Gasteiger partial charge in [0.2, 0.25) is 0 Å². The summed E-state index contributed by atoms with van der Waals surface area (Å²) in [4.78, 5) is 12.3. The molecule has 0 fully saturated rings. The Morgan fingerprint density at radius 1 is 1.27 bits per heavy atom. The lowest BCUT2D eigenvalue weighted by molar-refractivity contribution is -0.208. The number of aliphatic imine (C=N–C) groups is 2. The first-order chi connectivity index (χ1) is 15.4. The molecule has 0 bridgehead atoms. The molecule has 1 aromatic carbocycles. The Kier molecular flexibility index (Phi) is 5.58. The van der Waals surface area contributed by atoms with Crippen molar-refractivity contribution in [2.45, 2.75) is 44.3 Å². The maximum atomic E-state index is 14.9. The van der Waals surface area contributed by atoms with E-state index in [9.17, 15) is 26.3 Å². The molecule has 0 unspecified atom stereocenters. The standard InChI is InChI=1S/C20H17F6N5O2/c1-19(6-15(20(24,25)26)33-18(27)31-19)11-5-14-9(4-12(11)21)7-29-16(30-14)13-3-2-10(8-28-13)32-17(22)23/h2-5,8,15,17H,6-7H2,1H3,(H2,27,31)(H,29,30)/t15-,19-/m0/s1. The molecule has 2 aliphatic rings. The Bertz CT molecular complexity index is 1120. The first-order valence-corrected chi connectivity index (χ1v) is 9.60. The molecule has 176 valence electrons. The summed E-state index contributed by atoms with van der Waals surface area (Å²) in [6.07, 6.45) is -6.54. The van der Waals surface area contributed by atoms with E-state index in [1.165, 1.54) is 31.2 Å². The van der Waals surface area contributed by atoms with Gasteiger partial charge in [0.1, 0.15) is 17.3 Å². The summed E-state index contributed by atoms with van der Waals surface area (Å²) in [7, 11) is 0. The number of alkyl halides is 5. The number of amidine groups is 2. The lowest BCUT2D eigenvalue weighted by Gasteiger charge is -2.36. The molecule has 0 saturated carbocycles. The van der Waals surface area contributed by atoms with E-state index in [0.717, 1.165) is 6.20 Å². The molecule has 1 aromatic heterocycles. The van der Waals surface area contributed by atoms with Crippen LogP contribution in [-0.4, -0.2) is 35.7 Å². The molecule has 0 saturated heterocycles. The summed E-state index contributed by atoms with van der Waals surface area (Å²) >= 11 is 0. The van der Waals surface area contributed by atoms with Crippen molar-refractivity contribution in [1.82, 2.24) is 10.3 Å². The Morgan fingerprint density at radius 2 is 2.03 bits per heavy atom. The summed E-state index contributed by atoms with van der Waals surface area (Å²) in [6, 6.07) is 4.47. The normalized spacial score (nSPS) is 22.6. The molecular weight excluding hydrogens is 456 g/mol. The minimum atomic E-state index is -4.71. The molecule has 3 heterocycles. The second-order valence-electron chi connectivity index (χ2n) is 7.61. The number of nitrogens with two attached hydrogens (primary N) is 1. The second kappa shape index (κ2) is 8.12. The molecule has 33 heavy (non-hydrogen) atoms. The second-order valence-corrected chi connectivity index (χ2v) is 7.61. The van der Waals surface area contributed by atoms with Crippen molar-refractivity contribution < 1.29 is 35.8 Å². The maximum Gasteiger partial charge on any atom is 0.425 e. The fourth-order valence-electron chi connectivity index (χ4n) is 3.66. The van der Waals surface area contributed by atoms with Crippen LogP contribution in [0.1, 0.15) is 30.2 Å². The van der Waals surface area contributed by atoms with E-state index >= 15 is 0 Å². The largest absolute Gasteiger partial charge is 0.452 e. The Labute approximate surface area is 183 Å². The topological polar surface area (TPSA) is 94.1 Å². The first-order valence-electron chi connectivity index (χ1n) is 9.60. The highest BCUT2D eigenvalue weighted by Crippen LogP contribution is 2.42. The van der Waals surface area contributed by atoms with Crippen molar-refractivity contribution in [1.29, 1.82) is 0 Å². The number of aromatic nitrogens is 1. The number of hydrogen-bond donors (Lipinski definition) is 2. The fraction of sp³-hybridized carbons (Fsp3) is 0.350. The third-order valence-electron chi connectivity index (χ3n) is 5.20. The van der Waals surface area contributed by atoms with Crippen LogP contribution in [0, 0.1) is 5.82 Å². The number of pyridine rings is 1. The van der Waals surface area contributed by atoms with Gasteiger partial charge < -0.3 is 20.5 Å². The number of nitrogens with one attached hydrogen (secondary N) is 1. The molecule has 0 aliphatic carbocycles. The Balaban J connectivity index is 1.69. The highest BCUT2D eigenvalue weighted by molar-refractivity contribution is 5.99. The molecule has 0 amide bonds. The zero-order chi connectivity index (χ0) is 24.0. The van der Waals surface area contributed by atoms with Gasteiger partial charge in [0.25, 0.3) is 6.02 Å². The monoisotopic (exact) mass is 473 g/mol. The van der Waals surface area contributed by atoms with Gasteiger partial charge in [-0.25, -0.2) is 19.4 Å². The van der Waals surface area contributed by atoms with E-state index in [4.69, 9.17) is 5.73 Å². The van der Waals surface area contributed by atoms with Crippen molar-refractivity contribution in [2.75, 3.05) is 0 Å². The molecule has 4 rings (SSSR count). The van der Waals surface area contributed by atoms with Crippen LogP contribution >= 0.6 is 0 Å². The van der Waals surface area contributed by atoms with Crippen LogP contribution in [0.25, 0.3) is 0 Å². The third kappa shape index (κ3) is 4.66. The highest BCUT2D eigenvalue weighted by Gasteiger charge is 2.50. The van der Waals surface area contributed by atoms with Crippen LogP contribution in [0.3, 0.4) is 0 Å². The zero-order valence-electron chi connectivity index (χ0n) is 17.0. The lowest BCUT2D eigenvalue weighted by Crippen LogP contribution is -2.46. The fourth-order valence-corrected chi connectivity index (χ4v) is 3.66. The van der Waals surface area contributed by atoms with Crippen molar-refractivity contribution in [3.05, 3.63) is 53.1 Å². The predicted molar refractivity (Wildman–Crippen MR) is 105 cm³/mol. The summed E-state index contributed by atoms with van der Waals surface area (Å²) in [5, 5.41) is 2.94. The Morgan fingerprint density at radius 3 is 2.67 bits per heavy atom. The summed E-state index contributed by atoms with van der Waals surface area (Å²) in [5.41, 5.74) is 4.74. The van der Waals surface area contributed by atoms with Crippen LogP contribution in [0.5, 0.6) is 5.75 Å². The van der Waals surface area contributed by atoms with Crippen LogP contribution in [-0.2, 0) is 16.8 Å². The van der Waals surface area contributed by atoms with Crippen molar-refractivity contribution in [3.8, 4) is 5.75 Å². The zero-order valence-corrected chi connectivity index (χ0v) is 17.0. The minimum Gasteiger partial charge on any atom is -0.452 e.